The molecule has 1 aromatic carbocycles. The van der Waals surface area contributed by atoms with Crippen molar-refractivity contribution >= 4 is 23.5 Å². The van der Waals surface area contributed by atoms with Gasteiger partial charge in [-0.3, -0.25) is 19.2 Å². The van der Waals surface area contributed by atoms with Crippen molar-refractivity contribution in [1.29, 1.82) is 0 Å². The van der Waals surface area contributed by atoms with Crippen LogP contribution in [0, 0.1) is 56.2 Å². The average molecular weight is 731 g/mol. The summed E-state index contributed by atoms with van der Waals surface area (Å²) in [6.07, 6.45) is 9.71. The number of ketones is 2. The maximum atomic E-state index is 14.6. The minimum absolute atomic E-state index is 0.0350. The Bertz CT molecular complexity index is 1670. The first kappa shape index (κ1) is 39.7. The Morgan fingerprint density at radius 1 is 0.887 bits per heavy atom. The molecular weight excluding hydrogens is 664 g/mol. The van der Waals surface area contributed by atoms with Crippen molar-refractivity contribution in [2.45, 2.75) is 152 Å². The number of fused-ring (bicyclic) bond motifs is 7. The predicted octanol–water partition coefficient (Wildman–Crippen LogP) is 9.98. The van der Waals surface area contributed by atoms with Crippen molar-refractivity contribution in [3.8, 4) is 5.75 Å². The van der Waals surface area contributed by atoms with Gasteiger partial charge in [-0.25, -0.2) is 0 Å². The zero-order valence-corrected chi connectivity index (χ0v) is 34.3. The fraction of sp³-hybridized carbons (Fsp3) is 0.739. The van der Waals surface area contributed by atoms with E-state index in [1.165, 1.54) is 11.1 Å². The average Bonchev–Trinajstić information content (AvgIpc) is 3.39. The van der Waals surface area contributed by atoms with E-state index in [0.29, 0.717) is 24.7 Å². The summed E-state index contributed by atoms with van der Waals surface area (Å²) in [7, 11) is 1.67. The molecule has 5 aliphatic rings. The Hall–Kier alpha value is -2.96. The molecule has 0 unspecified atom stereocenters. The molecular formula is C46H66O7. The van der Waals surface area contributed by atoms with E-state index in [1.54, 1.807) is 21.0 Å². The van der Waals surface area contributed by atoms with E-state index in [9.17, 15) is 24.3 Å². The number of Topliss-reactive ketones (excluding diaryl/α,β-unsaturated/α-hetero) is 2. The van der Waals surface area contributed by atoms with Gasteiger partial charge < -0.3 is 14.6 Å². The third-order valence-corrected chi connectivity index (χ3v) is 16.4. The van der Waals surface area contributed by atoms with Crippen molar-refractivity contribution in [2.24, 2.45) is 56.2 Å². The second-order valence-electron chi connectivity index (χ2n) is 20.1. The first-order chi connectivity index (χ1) is 24.7. The molecule has 4 saturated carbocycles. The van der Waals surface area contributed by atoms with Gasteiger partial charge in [0.25, 0.3) is 0 Å². The van der Waals surface area contributed by atoms with Gasteiger partial charge in [-0.1, -0.05) is 60.6 Å². The zero-order valence-electron chi connectivity index (χ0n) is 34.3. The van der Waals surface area contributed by atoms with Gasteiger partial charge in [-0.05, 0) is 147 Å². The van der Waals surface area contributed by atoms with Crippen LogP contribution < -0.4 is 4.74 Å². The zero-order chi connectivity index (χ0) is 38.9. The van der Waals surface area contributed by atoms with Gasteiger partial charge in [-0.15, -0.1) is 0 Å². The summed E-state index contributed by atoms with van der Waals surface area (Å²) < 4.78 is 11.5. The van der Waals surface area contributed by atoms with E-state index in [0.717, 1.165) is 75.5 Å². The van der Waals surface area contributed by atoms with Gasteiger partial charge in [0, 0.05) is 18.3 Å². The Morgan fingerprint density at radius 3 is 2.19 bits per heavy atom. The largest absolute Gasteiger partial charge is 0.497 e. The molecule has 7 nitrogen and oxygen atoms in total. The number of carboxylic acid groups (broad SMARTS) is 1. The Labute approximate surface area is 318 Å². The normalized spacial score (nSPS) is 36.2. The molecule has 0 aliphatic heterocycles. The first-order valence-corrected chi connectivity index (χ1v) is 20.5. The standard InChI is InChI=1S/C46H66O7/c1-28(2)38-32(47)26-46(35(48)13-11-12-29-14-16-30(52-10)17-15-29)25-24-44(8)31(39(38)46)18-19-34-43(7)22-21-36(53-37(49)27-41(3,4)40(50)51)42(5,6)33(43)20-23-45(34,44)9/h14-17,28,31,33-34,36H,11-13,18-27H2,1-10H3,(H,50,51)/t31-,33+,34-,36+,43+,44-,45-,46+/m1/s1. The smallest absolute Gasteiger partial charge is 0.309 e. The van der Waals surface area contributed by atoms with Crippen LogP contribution in [0.5, 0.6) is 5.75 Å². The van der Waals surface area contributed by atoms with Crippen LogP contribution in [0.2, 0.25) is 0 Å². The SMILES string of the molecule is COc1ccc(CCCC(=O)[C@@]23CC[C@]4(C)[C@H](CC[C@@H]5[C@@]6(C)CC[C@H](OC(=O)CC(C)(C)C(=O)O)C(C)(C)[C@@H]6CC[C@]54C)C2=C(C(C)C)C(=O)C3)cc1. The van der Waals surface area contributed by atoms with Crippen molar-refractivity contribution in [1.82, 2.24) is 0 Å². The lowest BCUT2D eigenvalue weighted by Gasteiger charge is -2.72. The molecule has 4 fully saturated rings. The van der Waals surface area contributed by atoms with Crippen LogP contribution in [0.3, 0.4) is 0 Å². The summed E-state index contributed by atoms with van der Waals surface area (Å²) in [5.41, 5.74) is 1.36. The van der Waals surface area contributed by atoms with Crippen LogP contribution in [0.4, 0.5) is 0 Å². The molecule has 0 amide bonds. The molecule has 0 heterocycles. The summed E-state index contributed by atoms with van der Waals surface area (Å²) in [4.78, 5) is 53.5. The number of ether oxygens (including phenoxy) is 2. The highest BCUT2D eigenvalue weighted by Gasteiger charge is 2.70. The first-order valence-electron chi connectivity index (χ1n) is 20.5. The third kappa shape index (κ3) is 6.22. The fourth-order valence-electron chi connectivity index (χ4n) is 13.3. The number of carbonyl (C=O) groups excluding carboxylic acids is 3. The number of hydrogen-bond donors (Lipinski definition) is 1. The summed E-state index contributed by atoms with van der Waals surface area (Å²) in [6, 6.07) is 8.10. The number of allylic oxidation sites excluding steroid dienone is 2. The van der Waals surface area contributed by atoms with Crippen LogP contribution in [0.15, 0.2) is 35.4 Å². The molecule has 53 heavy (non-hydrogen) atoms. The van der Waals surface area contributed by atoms with E-state index in [4.69, 9.17) is 9.47 Å². The predicted molar refractivity (Wildman–Crippen MR) is 206 cm³/mol. The minimum atomic E-state index is -1.17. The summed E-state index contributed by atoms with van der Waals surface area (Å²) in [5, 5.41) is 9.61. The highest BCUT2D eigenvalue weighted by Crippen LogP contribution is 2.77. The van der Waals surface area contributed by atoms with Gasteiger partial charge in [0.2, 0.25) is 0 Å². The molecule has 1 N–H and O–H groups in total. The minimum Gasteiger partial charge on any atom is -0.497 e. The van der Waals surface area contributed by atoms with E-state index in [-0.39, 0.29) is 57.6 Å². The number of aryl methyl sites for hydroxylation is 1. The third-order valence-electron chi connectivity index (χ3n) is 16.4. The number of esters is 1. The lowest BCUT2D eigenvalue weighted by Crippen LogP contribution is -2.66. The Balaban J connectivity index is 1.25. The molecule has 7 heteroatoms. The van der Waals surface area contributed by atoms with Crippen molar-refractivity contribution in [2.75, 3.05) is 7.11 Å². The molecule has 6 rings (SSSR count). The molecule has 0 spiro atoms. The van der Waals surface area contributed by atoms with E-state index in [2.05, 4.69) is 60.6 Å². The number of methoxy groups -OCH3 is 1. The van der Waals surface area contributed by atoms with Gasteiger partial charge in [0.15, 0.2) is 5.78 Å². The topological polar surface area (TPSA) is 107 Å². The van der Waals surface area contributed by atoms with Gasteiger partial charge in [0.1, 0.15) is 17.6 Å². The van der Waals surface area contributed by atoms with Gasteiger partial charge in [0.05, 0.1) is 24.4 Å². The van der Waals surface area contributed by atoms with Gasteiger partial charge >= 0.3 is 11.9 Å². The molecule has 5 aliphatic carbocycles. The Kier molecular flexibility index (Phi) is 10.2. The molecule has 1 aromatic rings. The second-order valence-corrected chi connectivity index (χ2v) is 20.1. The lowest BCUT2D eigenvalue weighted by atomic mass is 9.33. The monoisotopic (exact) mass is 730 g/mol. The summed E-state index contributed by atoms with van der Waals surface area (Å²) >= 11 is 0. The van der Waals surface area contributed by atoms with Crippen LogP contribution in [-0.2, 0) is 30.3 Å². The summed E-state index contributed by atoms with van der Waals surface area (Å²) in [6.45, 7) is 19.6. The maximum absolute atomic E-state index is 14.6. The summed E-state index contributed by atoms with van der Waals surface area (Å²) in [5.74, 6) is 1.04. The number of carbonyl (C=O) groups is 4. The molecule has 292 valence electrons. The number of hydrogen-bond acceptors (Lipinski definition) is 6. The van der Waals surface area contributed by atoms with Crippen LogP contribution in [0.1, 0.15) is 145 Å². The highest BCUT2D eigenvalue weighted by atomic mass is 16.5. The lowest BCUT2D eigenvalue weighted by molar-refractivity contribution is -0.233. The van der Waals surface area contributed by atoms with Crippen LogP contribution >= 0.6 is 0 Å². The molecule has 8 atom stereocenters. The van der Waals surface area contributed by atoms with E-state index < -0.39 is 22.8 Å². The molecule has 0 radical (unpaired) electrons. The quantitative estimate of drug-likeness (QED) is 0.226. The van der Waals surface area contributed by atoms with Gasteiger partial charge in [-0.2, -0.15) is 0 Å². The number of aliphatic carboxylic acids is 1. The highest BCUT2D eigenvalue weighted by molar-refractivity contribution is 6.07. The van der Waals surface area contributed by atoms with Crippen molar-refractivity contribution < 1.29 is 33.8 Å². The van der Waals surface area contributed by atoms with Crippen LogP contribution in [-0.4, -0.2) is 41.8 Å². The van der Waals surface area contributed by atoms with E-state index in [1.807, 2.05) is 12.1 Å². The van der Waals surface area contributed by atoms with Crippen LogP contribution in [0.25, 0.3) is 0 Å². The molecule has 0 aromatic heterocycles. The van der Waals surface area contributed by atoms with Crippen molar-refractivity contribution in [3.05, 3.63) is 41.0 Å². The van der Waals surface area contributed by atoms with Crippen molar-refractivity contribution in [3.63, 3.8) is 0 Å². The fourth-order valence-corrected chi connectivity index (χ4v) is 13.3. The maximum Gasteiger partial charge on any atom is 0.309 e. The molecule has 0 saturated heterocycles. The Morgan fingerprint density at radius 2 is 1.57 bits per heavy atom. The van der Waals surface area contributed by atoms with E-state index >= 15 is 0 Å². The number of carboxylic acids is 1. The number of benzene rings is 1. The number of rotatable bonds is 11. The molecule has 0 bridgehead atoms. The second kappa shape index (κ2) is 13.7.